The Bertz CT molecular complexity index is 656. The maximum absolute atomic E-state index is 12.4. The fraction of sp³-hybridized carbons (Fsp3) is 0.381. The number of carbonyl (C=O) groups is 1. The normalized spacial score (nSPS) is 16.2. The lowest BCUT2D eigenvalue weighted by atomic mass is 9.65. The van der Waals surface area contributed by atoms with Gasteiger partial charge >= 0.3 is 0 Å². The molecule has 1 saturated carbocycles. The van der Waals surface area contributed by atoms with Crippen LogP contribution in [0.15, 0.2) is 60.7 Å². The summed E-state index contributed by atoms with van der Waals surface area (Å²) in [6.07, 6.45) is 5.21. The van der Waals surface area contributed by atoms with E-state index in [1.165, 1.54) is 24.8 Å². The highest BCUT2D eigenvalue weighted by Gasteiger charge is 2.37. The van der Waals surface area contributed by atoms with E-state index in [9.17, 15) is 4.79 Å². The molecule has 2 aromatic rings. The van der Waals surface area contributed by atoms with E-state index in [1.807, 2.05) is 36.4 Å². The zero-order chi connectivity index (χ0) is 16.8. The second kappa shape index (κ2) is 9.02. The van der Waals surface area contributed by atoms with Gasteiger partial charge in [-0.05, 0) is 42.2 Å². The highest BCUT2D eigenvalue weighted by molar-refractivity contribution is 5.85. The average molecular weight is 359 g/mol. The van der Waals surface area contributed by atoms with Crippen LogP contribution in [0.5, 0.6) is 0 Å². The first kappa shape index (κ1) is 19.5. The number of benzene rings is 2. The van der Waals surface area contributed by atoms with E-state index in [-0.39, 0.29) is 23.7 Å². The van der Waals surface area contributed by atoms with Crippen LogP contribution in [0.4, 0.5) is 0 Å². The lowest BCUT2D eigenvalue weighted by Gasteiger charge is -2.42. The third-order valence-corrected chi connectivity index (χ3v) is 5.11. The van der Waals surface area contributed by atoms with Gasteiger partial charge in [0.15, 0.2) is 0 Å². The predicted octanol–water partition coefficient (Wildman–Crippen LogP) is 3.51. The lowest BCUT2D eigenvalue weighted by Crippen LogP contribution is -2.49. The summed E-state index contributed by atoms with van der Waals surface area (Å²) in [4.78, 5) is 12.4. The van der Waals surface area contributed by atoms with Gasteiger partial charge in [-0.25, -0.2) is 0 Å². The van der Waals surface area contributed by atoms with Crippen molar-refractivity contribution < 1.29 is 4.79 Å². The first-order chi connectivity index (χ1) is 11.7. The van der Waals surface area contributed by atoms with E-state index in [0.717, 1.165) is 18.5 Å². The molecule has 3 nitrogen and oxygen atoms in total. The van der Waals surface area contributed by atoms with Crippen molar-refractivity contribution in [3.63, 3.8) is 0 Å². The Morgan fingerprint density at radius 2 is 1.56 bits per heavy atom. The topological polar surface area (TPSA) is 55.1 Å². The Balaban J connectivity index is 0.00000225. The molecule has 1 aliphatic carbocycles. The first-order valence-electron chi connectivity index (χ1n) is 8.78. The van der Waals surface area contributed by atoms with Gasteiger partial charge in [0.2, 0.25) is 5.91 Å². The fourth-order valence-electron chi connectivity index (χ4n) is 3.49. The number of hydrogen-bond donors (Lipinski definition) is 2. The first-order valence-corrected chi connectivity index (χ1v) is 8.78. The molecule has 0 heterocycles. The van der Waals surface area contributed by atoms with Gasteiger partial charge in [-0.3, -0.25) is 4.79 Å². The monoisotopic (exact) mass is 358 g/mol. The quantitative estimate of drug-likeness (QED) is 0.795. The van der Waals surface area contributed by atoms with Crippen molar-refractivity contribution >= 4 is 18.3 Å². The van der Waals surface area contributed by atoms with Crippen LogP contribution in [0.3, 0.4) is 0 Å². The average Bonchev–Trinajstić information content (AvgIpc) is 2.58. The summed E-state index contributed by atoms with van der Waals surface area (Å²) in [6.45, 7) is 0.725. The molecular weight excluding hydrogens is 332 g/mol. The van der Waals surface area contributed by atoms with Crippen LogP contribution >= 0.6 is 12.4 Å². The molecular formula is C21H27ClN2O. The van der Waals surface area contributed by atoms with E-state index in [2.05, 4.69) is 29.6 Å². The fourth-order valence-corrected chi connectivity index (χ4v) is 3.49. The molecule has 134 valence electrons. The van der Waals surface area contributed by atoms with Crippen molar-refractivity contribution in [2.75, 3.05) is 6.54 Å². The summed E-state index contributed by atoms with van der Waals surface area (Å²) in [5, 5.41) is 3.10. The van der Waals surface area contributed by atoms with Crippen LogP contribution in [-0.2, 0) is 17.6 Å². The number of amides is 1. The van der Waals surface area contributed by atoms with Gasteiger partial charge in [0.1, 0.15) is 0 Å². The number of nitrogens with two attached hydrogens (primary N) is 1. The maximum atomic E-state index is 12.4. The Kier molecular flexibility index (Phi) is 7.03. The number of rotatable bonds is 7. The Hall–Kier alpha value is -1.84. The van der Waals surface area contributed by atoms with Gasteiger partial charge in [0, 0.05) is 6.54 Å². The van der Waals surface area contributed by atoms with Crippen LogP contribution in [0, 0.1) is 5.41 Å². The van der Waals surface area contributed by atoms with Crippen LogP contribution in [-0.4, -0.2) is 18.5 Å². The second-order valence-corrected chi connectivity index (χ2v) is 7.03. The van der Waals surface area contributed by atoms with Crippen molar-refractivity contribution in [1.29, 1.82) is 0 Å². The molecule has 0 aliphatic heterocycles. The van der Waals surface area contributed by atoms with Crippen LogP contribution in [0.25, 0.3) is 0 Å². The predicted molar refractivity (Wildman–Crippen MR) is 105 cm³/mol. The number of carbonyl (C=O) groups excluding carboxylic acids is 1. The van der Waals surface area contributed by atoms with E-state index >= 15 is 0 Å². The molecule has 0 spiro atoms. The molecule has 0 aromatic heterocycles. The van der Waals surface area contributed by atoms with Crippen molar-refractivity contribution in [3.05, 3.63) is 71.8 Å². The summed E-state index contributed by atoms with van der Waals surface area (Å²) < 4.78 is 0. The highest BCUT2D eigenvalue weighted by Crippen LogP contribution is 2.43. The van der Waals surface area contributed by atoms with Crippen LogP contribution < -0.4 is 11.1 Å². The number of hydrogen-bond acceptors (Lipinski definition) is 2. The summed E-state index contributed by atoms with van der Waals surface area (Å²) in [6, 6.07) is 20.0. The maximum Gasteiger partial charge on any atom is 0.237 e. The van der Waals surface area contributed by atoms with Crippen molar-refractivity contribution in [2.24, 2.45) is 11.1 Å². The van der Waals surface area contributed by atoms with Crippen molar-refractivity contribution in [1.82, 2.24) is 5.32 Å². The third-order valence-electron chi connectivity index (χ3n) is 5.11. The van der Waals surface area contributed by atoms with Gasteiger partial charge in [0.25, 0.3) is 0 Å². The zero-order valence-electron chi connectivity index (χ0n) is 14.5. The minimum absolute atomic E-state index is 0. The molecule has 25 heavy (non-hydrogen) atoms. The van der Waals surface area contributed by atoms with Gasteiger partial charge in [-0.15, -0.1) is 12.4 Å². The van der Waals surface area contributed by atoms with Gasteiger partial charge in [0.05, 0.1) is 6.04 Å². The molecule has 2 aromatic carbocycles. The molecule has 0 bridgehead atoms. The van der Waals surface area contributed by atoms with Gasteiger partial charge in [-0.1, -0.05) is 67.1 Å². The van der Waals surface area contributed by atoms with E-state index in [1.54, 1.807) is 0 Å². The molecule has 0 saturated heterocycles. The second-order valence-electron chi connectivity index (χ2n) is 7.03. The molecule has 1 amide bonds. The standard InChI is InChI=1S/C21H26N2O.ClH/c22-19(14-17-8-3-1-4-9-17)20(24)23-16-21(12-7-13-21)15-18-10-5-2-6-11-18;/h1-6,8-11,19H,7,12-16,22H2,(H,23,24);1H/t19-;/m0./s1. The van der Waals surface area contributed by atoms with Crippen LogP contribution in [0.1, 0.15) is 30.4 Å². The number of halogens is 1. The molecule has 1 fully saturated rings. The van der Waals surface area contributed by atoms with Gasteiger partial charge in [-0.2, -0.15) is 0 Å². The Labute approximate surface area is 156 Å². The Morgan fingerprint density at radius 1 is 1.00 bits per heavy atom. The minimum Gasteiger partial charge on any atom is -0.354 e. The molecule has 0 unspecified atom stereocenters. The molecule has 3 N–H and O–H groups in total. The molecule has 1 atom stereocenters. The third kappa shape index (κ3) is 5.32. The smallest absolute Gasteiger partial charge is 0.237 e. The highest BCUT2D eigenvalue weighted by atomic mass is 35.5. The summed E-state index contributed by atoms with van der Waals surface area (Å²) in [7, 11) is 0. The summed E-state index contributed by atoms with van der Waals surface area (Å²) in [5.41, 5.74) is 8.74. The zero-order valence-corrected chi connectivity index (χ0v) is 15.3. The van der Waals surface area contributed by atoms with Crippen molar-refractivity contribution in [2.45, 2.75) is 38.1 Å². The largest absolute Gasteiger partial charge is 0.354 e. The molecule has 3 rings (SSSR count). The van der Waals surface area contributed by atoms with E-state index in [4.69, 9.17) is 5.73 Å². The molecule has 0 radical (unpaired) electrons. The Morgan fingerprint density at radius 3 is 2.08 bits per heavy atom. The minimum atomic E-state index is -0.485. The van der Waals surface area contributed by atoms with Gasteiger partial charge < -0.3 is 11.1 Å². The molecule has 4 heteroatoms. The van der Waals surface area contributed by atoms with Crippen molar-refractivity contribution in [3.8, 4) is 0 Å². The van der Waals surface area contributed by atoms with Crippen LogP contribution in [0.2, 0.25) is 0 Å². The van der Waals surface area contributed by atoms with E-state index in [0.29, 0.717) is 6.42 Å². The number of nitrogens with one attached hydrogen (secondary N) is 1. The summed E-state index contributed by atoms with van der Waals surface area (Å²) in [5.74, 6) is -0.0433. The van der Waals surface area contributed by atoms with E-state index < -0.39 is 6.04 Å². The SMILES string of the molecule is Cl.N[C@@H](Cc1ccccc1)C(=O)NCC1(Cc2ccccc2)CCC1. The molecule has 1 aliphatic rings. The summed E-state index contributed by atoms with van der Waals surface area (Å²) >= 11 is 0. The lowest BCUT2D eigenvalue weighted by molar-refractivity contribution is -0.123.